The Morgan fingerprint density at radius 2 is 2.00 bits per heavy atom. The fraction of sp³-hybridized carbons (Fsp3) is 0.769. The van der Waals surface area contributed by atoms with E-state index in [1.165, 1.54) is 0 Å². The van der Waals surface area contributed by atoms with E-state index in [9.17, 15) is 9.90 Å². The maximum atomic E-state index is 11.4. The Labute approximate surface area is 119 Å². The molecule has 1 aromatic heterocycles. The average Bonchev–Trinajstić information content (AvgIpc) is 2.82. The van der Waals surface area contributed by atoms with Crippen molar-refractivity contribution in [3.05, 3.63) is 6.33 Å². The zero-order chi connectivity index (χ0) is 14.7. The molecule has 20 heavy (non-hydrogen) atoms. The predicted molar refractivity (Wildman–Crippen MR) is 75.7 cm³/mol. The molecule has 1 fully saturated rings. The fourth-order valence-corrected chi connectivity index (χ4v) is 3.02. The summed E-state index contributed by atoms with van der Waals surface area (Å²) in [7, 11) is 1.83. The molecule has 112 valence electrons. The van der Waals surface area contributed by atoms with Crippen LogP contribution < -0.4 is 5.32 Å². The minimum Gasteiger partial charge on any atom is -0.465 e. The first kappa shape index (κ1) is 14.6. The van der Waals surface area contributed by atoms with E-state index in [2.05, 4.69) is 15.4 Å². The summed E-state index contributed by atoms with van der Waals surface area (Å²) in [5.41, 5.74) is 0. The molecule has 2 atom stereocenters. The number of piperidine rings is 1. The number of anilines is 1. The van der Waals surface area contributed by atoms with Crippen LogP contribution in [0.25, 0.3) is 0 Å². The number of aromatic nitrogens is 3. The molecule has 2 heterocycles. The lowest BCUT2D eigenvalue weighted by Gasteiger charge is -2.43. The highest BCUT2D eigenvalue weighted by Crippen LogP contribution is 2.28. The van der Waals surface area contributed by atoms with Gasteiger partial charge in [-0.1, -0.05) is 13.8 Å². The monoisotopic (exact) mass is 281 g/mol. The summed E-state index contributed by atoms with van der Waals surface area (Å²) in [5.74, 6) is 0.617. The molecule has 0 aromatic carbocycles. The van der Waals surface area contributed by atoms with Gasteiger partial charge in [-0.3, -0.25) is 4.68 Å². The van der Waals surface area contributed by atoms with Gasteiger partial charge in [0.2, 0.25) is 5.95 Å². The van der Waals surface area contributed by atoms with Crippen LogP contribution in [0.2, 0.25) is 0 Å². The Morgan fingerprint density at radius 3 is 2.40 bits per heavy atom. The van der Waals surface area contributed by atoms with E-state index in [1.807, 2.05) is 20.9 Å². The van der Waals surface area contributed by atoms with Crippen LogP contribution in [0.5, 0.6) is 0 Å². The molecular formula is C13H23N5O2. The van der Waals surface area contributed by atoms with Gasteiger partial charge in [-0.2, -0.15) is 0 Å². The predicted octanol–water partition coefficient (Wildman–Crippen LogP) is 1.93. The van der Waals surface area contributed by atoms with Gasteiger partial charge in [0.15, 0.2) is 0 Å². The highest BCUT2D eigenvalue weighted by atomic mass is 16.4. The highest BCUT2D eigenvalue weighted by molar-refractivity contribution is 5.66. The van der Waals surface area contributed by atoms with Crippen LogP contribution in [0.1, 0.15) is 39.5 Å². The number of nitrogens with zero attached hydrogens (tertiary/aromatic N) is 4. The Bertz CT molecular complexity index is 447. The van der Waals surface area contributed by atoms with Gasteiger partial charge in [-0.15, -0.1) is 5.10 Å². The number of hydrogen-bond donors (Lipinski definition) is 2. The van der Waals surface area contributed by atoms with Crippen molar-refractivity contribution in [2.24, 2.45) is 7.05 Å². The number of likely N-dealkylation sites (tertiary alicyclic amines) is 1. The second-order valence-electron chi connectivity index (χ2n) is 5.37. The van der Waals surface area contributed by atoms with Gasteiger partial charge in [0, 0.05) is 25.2 Å². The van der Waals surface area contributed by atoms with E-state index in [0.717, 1.165) is 25.7 Å². The van der Waals surface area contributed by atoms with Crippen molar-refractivity contribution in [1.82, 2.24) is 19.7 Å². The Balaban J connectivity index is 2.08. The maximum absolute atomic E-state index is 11.4. The van der Waals surface area contributed by atoms with Crippen LogP contribution >= 0.6 is 0 Å². The summed E-state index contributed by atoms with van der Waals surface area (Å²) >= 11 is 0. The van der Waals surface area contributed by atoms with Gasteiger partial charge < -0.3 is 15.3 Å². The van der Waals surface area contributed by atoms with Crippen LogP contribution in [0, 0.1) is 0 Å². The largest absolute Gasteiger partial charge is 0.465 e. The van der Waals surface area contributed by atoms with Crippen LogP contribution in [-0.2, 0) is 7.05 Å². The number of amides is 1. The van der Waals surface area contributed by atoms with E-state index in [4.69, 9.17) is 0 Å². The molecule has 1 aliphatic rings. The van der Waals surface area contributed by atoms with Gasteiger partial charge in [0.25, 0.3) is 0 Å². The van der Waals surface area contributed by atoms with Crippen molar-refractivity contribution in [3.8, 4) is 0 Å². The number of carbonyl (C=O) groups is 1. The van der Waals surface area contributed by atoms with Gasteiger partial charge >= 0.3 is 6.09 Å². The number of nitrogens with one attached hydrogen (secondary N) is 1. The van der Waals surface area contributed by atoms with Gasteiger partial charge in [0.05, 0.1) is 0 Å². The Hall–Kier alpha value is -1.79. The second kappa shape index (κ2) is 6.11. The fourth-order valence-electron chi connectivity index (χ4n) is 3.02. The summed E-state index contributed by atoms with van der Waals surface area (Å²) in [6, 6.07) is 0.350. The number of aryl methyl sites for hydroxylation is 1. The van der Waals surface area contributed by atoms with E-state index in [-0.39, 0.29) is 18.1 Å². The van der Waals surface area contributed by atoms with Crippen LogP contribution in [0.3, 0.4) is 0 Å². The smallest absolute Gasteiger partial charge is 0.407 e. The van der Waals surface area contributed by atoms with Crippen molar-refractivity contribution in [2.45, 2.75) is 57.7 Å². The zero-order valence-corrected chi connectivity index (χ0v) is 12.3. The SMILES string of the molecule is CCC1CC(Nc2ncn(C)n2)CC(CC)N1C(=O)O. The summed E-state index contributed by atoms with van der Waals surface area (Å²) < 4.78 is 1.66. The van der Waals surface area contributed by atoms with Crippen molar-refractivity contribution >= 4 is 12.0 Å². The van der Waals surface area contributed by atoms with Gasteiger partial charge in [0.1, 0.15) is 6.33 Å². The van der Waals surface area contributed by atoms with Crippen molar-refractivity contribution in [1.29, 1.82) is 0 Å². The molecule has 2 unspecified atom stereocenters. The van der Waals surface area contributed by atoms with Gasteiger partial charge in [-0.25, -0.2) is 9.78 Å². The number of rotatable bonds is 4. The summed E-state index contributed by atoms with van der Waals surface area (Å²) in [6.07, 6.45) is 4.11. The van der Waals surface area contributed by atoms with Crippen molar-refractivity contribution in [2.75, 3.05) is 5.32 Å². The number of carboxylic acid groups (broad SMARTS) is 1. The molecule has 1 aliphatic heterocycles. The molecule has 2 rings (SSSR count). The first-order chi connectivity index (χ1) is 9.55. The minimum absolute atomic E-state index is 0.0624. The highest BCUT2D eigenvalue weighted by Gasteiger charge is 2.37. The normalized spacial score (nSPS) is 26.6. The standard InChI is InChI=1S/C13H23N5O2/c1-4-10-6-9(15-12-14-8-17(3)16-12)7-11(5-2)18(10)13(19)20/h8-11H,4-7H2,1-3H3,(H,15,16)(H,19,20). The molecule has 0 spiro atoms. The minimum atomic E-state index is -0.807. The topological polar surface area (TPSA) is 83.3 Å². The van der Waals surface area contributed by atoms with Crippen LogP contribution in [0.15, 0.2) is 6.33 Å². The Kier molecular flexibility index (Phi) is 4.46. The molecule has 7 nitrogen and oxygen atoms in total. The lowest BCUT2D eigenvalue weighted by Crippen LogP contribution is -2.54. The molecule has 0 aliphatic carbocycles. The van der Waals surface area contributed by atoms with E-state index in [0.29, 0.717) is 5.95 Å². The summed E-state index contributed by atoms with van der Waals surface area (Å²) in [4.78, 5) is 17.2. The molecule has 1 amide bonds. The van der Waals surface area contributed by atoms with Crippen LogP contribution in [-0.4, -0.2) is 49.0 Å². The summed E-state index contributed by atoms with van der Waals surface area (Å²) in [6.45, 7) is 4.07. The average molecular weight is 281 g/mol. The van der Waals surface area contributed by atoms with Crippen molar-refractivity contribution < 1.29 is 9.90 Å². The van der Waals surface area contributed by atoms with E-state index < -0.39 is 6.09 Å². The lowest BCUT2D eigenvalue weighted by molar-refractivity contribution is 0.0641. The third-order valence-electron chi connectivity index (χ3n) is 4.00. The molecule has 1 saturated heterocycles. The number of hydrogen-bond acceptors (Lipinski definition) is 4. The molecular weight excluding hydrogens is 258 g/mol. The Morgan fingerprint density at radius 1 is 1.40 bits per heavy atom. The molecule has 0 radical (unpaired) electrons. The van der Waals surface area contributed by atoms with E-state index >= 15 is 0 Å². The molecule has 0 bridgehead atoms. The maximum Gasteiger partial charge on any atom is 0.407 e. The van der Waals surface area contributed by atoms with Crippen molar-refractivity contribution in [3.63, 3.8) is 0 Å². The third kappa shape index (κ3) is 3.02. The lowest BCUT2D eigenvalue weighted by atomic mass is 9.89. The molecule has 7 heteroatoms. The molecule has 2 N–H and O–H groups in total. The molecule has 0 saturated carbocycles. The second-order valence-corrected chi connectivity index (χ2v) is 5.37. The van der Waals surface area contributed by atoms with Gasteiger partial charge in [-0.05, 0) is 25.7 Å². The zero-order valence-electron chi connectivity index (χ0n) is 12.3. The molecule has 1 aromatic rings. The third-order valence-corrected chi connectivity index (χ3v) is 4.00. The van der Waals surface area contributed by atoms with E-state index in [1.54, 1.807) is 15.9 Å². The summed E-state index contributed by atoms with van der Waals surface area (Å²) in [5, 5.41) is 17.0. The first-order valence-electron chi connectivity index (χ1n) is 7.18. The quantitative estimate of drug-likeness (QED) is 0.881. The first-order valence-corrected chi connectivity index (χ1v) is 7.18. The van der Waals surface area contributed by atoms with Crippen LogP contribution in [0.4, 0.5) is 10.7 Å².